The van der Waals surface area contributed by atoms with Gasteiger partial charge in [-0.25, -0.2) is 4.98 Å². The summed E-state index contributed by atoms with van der Waals surface area (Å²) in [5, 5.41) is 6.69. The highest BCUT2D eigenvalue weighted by Gasteiger charge is 2.04. The molecule has 1 N–H and O–H groups in total. The number of rotatable bonds is 11. The Kier molecular flexibility index (Phi) is 8.09. The molecule has 5 heteroatoms. The lowest BCUT2D eigenvalue weighted by molar-refractivity contribution is 0.129. The van der Waals surface area contributed by atoms with E-state index in [1.54, 1.807) is 17.5 Å². The van der Waals surface area contributed by atoms with Crippen LogP contribution in [0.3, 0.4) is 0 Å². The molecule has 0 aromatic carbocycles. The molecule has 0 aliphatic rings. The average molecular weight is 319 g/mol. The molecule has 120 valence electrons. The van der Waals surface area contributed by atoms with Crippen molar-refractivity contribution in [3.63, 3.8) is 0 Å². The predicted molar refractivity (Wildman–Crippen MR) is 92.3 cm³/mol. The SMILES string of the molecule is CCCCOCCCNCCc1nc(-c2ccccn2)cs1. The van der Waals surface area contributed by atoms with Crippen molar-refractivity contribution in [1.82, 2.24) is 15.3 Å². The van der Waals surface area contributed by atoms with E-state index in [2.05, 4.69) is 27.6 Å². The van der Waals surface area contributed by atoms with Gasteiger partial charge in [-0.05, 0) is 31.5 Å². The maximum atomic E-state index is 5.53. The Morgan fingerprint density at radius 1 is 1.14 bits per heavy atom. The van der Waals surface area contributed by atoms with Gasteiger partial charge in [0, 0.05) is 37.8 Å². The van der Waals surface area contributed by atoms with Crippen LogP contribution in [0.1, 0.15) is 31.2 Å². The van der Waals surface area contributed by atoms with Crippen LogP contribution in [0.4, 0.5) is 0 Å². The Balaban J connectivity index is 1.57. The van der Waals surface area contributed by atoms with Crippen molar-refractivity contribution in [1.29, 1.82) is 0 Å². The number of pyridine rings is 1. The van der Waals surface area contributed by atoms with Crippen LogP contribution in [-0.2, 0) is 11.2 Å². The maximum absolute atomic E-state index is 5.53. The lowest BCUT2D eigenvalue weighted by atomic mass is 10.3. The van der Waals surface area contributed by atoms with Gasteiger partial charge >= 0.3 is 0 Å². The van der Waals surface area contributed by atoms with Gasteiger partial charge in [-0.2, -0.15) is 0 Å². The Morgan fingerprint density at radius 2 is 2.05 bits per heavy atom. The van der Waals surface area contributed by atoms with E-state index in [1.807, 2.05) is 18.2 Å². The number of thiazole rings is 1. The standard InChI is InChI=1S/C17H25N3OS/c1-2-3-12-21-13-6-9-18-11-8-17-20-16(14-22-17)15-7-4-5-10-19-15/h4-5,7,10,14,18H,2-3,6,8-9,11-13H2,1H3. The van der Waals surface area contributed by atoms with E-state index in [1.165, 1.54) is 6.42 Å². The van der Waals surface area contributed by atoms with Crippen LogP contribution >= 0.6 is 11.3 Å². The fourth-order valence-corrected chi connectivity index (χ4v) is 2.82. The molecule has 0 saturated carbocycles. The monoisotopic (exact) mass is 319 g/mol. The number of aromatic nitrogens is 2. The molecule has 0 atom stereocenters. The van der Waals surface area contributed by atoms with E-state index >= 15 is 0 Å². The first kappa shape index (κ1) is 17.1. The van der Waals surface area contributed by atoms with Crippen molar-refractivity contribution < 1.29 is 4.74 Å². The van der Waals surface area contributed by atoms with Crippen LogP contribution in [-0.4, -0.2) is 36.3 Å². The molecule has 0 unspecified atom stereocenters. The minimum absolute atomic E-state index is 0.855. The van der Waals surface area contributed by atoms with Crippen molar-refractivity contribution in [3.05, 3.63) is 34.8 Å². The highest BCUT2D eigenvalue weighted by molar-refractivity contribution is 7.09. The topological polar surface area (TPSA) is 47.0 Å². The Labute approximate surface area is 137 Å². The molecular formula is C17H25N3OS. The average Bonchev–Trinajstić information content (AvgIpc) is 3.03. The third-order valence-electron chi connectivity index (χ3n) is 3.28. The van der Waals surface area contributed by atoms with Gasteiger partial charge in [0.25, 0.3) is 0 Å². The third kappa shape index (κ3) is 6.22. The highest BCUT2D eigenvalue weighted by atomic mass is 32.1. The highest BCUT2D eigenvalue weighted by Crippen LogP contribution is 2.19. The molecule has 0 spiro atoms. The zero-order chi connectivity index (χ0) is 15.5. The third-order valence-corrected chi connectivity index (χ3v) is 4.19. The molecular weight excluding hydrogens is 294 g/mol. The van der Waals surface area contributed by atoms with E-state index in [9.17, 15) is 0 Å². The summed E-state index contributed by atoms with van der Waals surface area (Å²) in [7, 11) is 0. The molecule has 0 radical (unpaired) electrons. The molecule has 0 bridgehead atoms. The summed E-state index contributed by atoms with van der Waals surface area (Å²) in [5.74, 6) is 0. The van der Waals surface area contributed by atoms with E-state index < -0.39 is 0 Å². The number of hydrogen-bond acceptors (Lipinski definition) is 5. The van der Waals surface area contributed by atoms with Gasteiger partial charge in [-0.15, -0.1) is 11.3 Å². The first-order valence-electron chi connectivity index (χ1n) is 8.04. The second-order valence-electron chi connectivity index (χ2n) is 5.16. The molecule has 2 heterocycles. The van der Waals surface area contributed by atoms with Gasteiger partial charge in [0.05, 0.1) is 16.4 Å². The van der Waals surface area contributed by atoms with E-state index in [-0.39, 0.29) is 0 Å². The fourth-order valence-electron chi connectivity index (χ4n) is 2.03. The van der Waals surface area contributed by atoms with Gasteiger partial charge < -0.3 is 10.1 Å². The Morgan fingerprint density at radius 3 is 2.86 bits per heavy atom. The summed E-state index contributed by atoms with van der Waals surface area (Å²) in [4.78, 5) is 8.97. The van der Waals surface area contributed by atoms with Crippen LogP contribution in [0.5, 0.6) is 0 Å². The molecule has 2 rings (SSSR count). The summed E-state index contributed by atoms with van der Waals surface area (Å²) in [5.41, 5.74) is 1.92. The molecule has 2 aromatic heterocycles. The summed E-state index contributed by atoms with van der Waals surface area (Å²) in [6, 6.07) is 5.91. The van der Waals surface area contributed by atoms with Crippen LogP contribution in [0.2, 0.25) is 0 Å². The van der Waals surface area contributed by atoms with Gasteiger partial charge in [0.1, 0.15) is 0 Å². The van der Waals surface area contributed by atoms with Crippen LogP contribution in [0.25, 0.3) is 11.4 Å². The molecule has 0 saturated heterocycles. The first-order chi connectivity index (χ1) is 10.9. The van der Waals surface area contributed by atoms with Crippen molar-refractivity contribution in [2.24, 2.45) is 0 Å². The molecule has 4 nitrogen and oxygen atoms in total. The minimum atomic E-state index is 0.855. The quantitative estimate of drug-likeness (QED) is 0.644. The van der Waals surface area contributed by atoms with Gasteiger partial charge in [-0.3, -0.25) is 4.98 Å². The lowest BCUT2D eigenvalue weighted by Gasteiger charge is -2.04. The maximum Gasteiger partial charge on any atom is 0.0998 e. The summed E-state index contributed by atoms with van der Waals surface area (Å²) in [6.07, 6.45) is 6.20. The molecule has 22 heavy (non-hydrogen) atoms. The number of nitrogens with zero attached hydrogens (tertiary/aromatic N) is 2. The van der Waals surface area contributed by atoms with Crippen LogP contribution in [0.15, 0.2) is 29.8 Å². The zero-order valence-electron chi connectivity index (χ0n) is 13.3. The second-order valence-corrected chi connectivity index (χ2v) is 6.10. The Bertz CT molecular complexity index is 516. The number of ether oxygens (including phenoxy) is 1. The Hall–Kier alpha value is -1.30. The summed E-state index contributed by atoms with van der Waals surface area (Å²) >= 11 is 1.71. The normalized spacial score (nSPS) is 11.0. The van der Waals surface area contributed by atoms with Gasteiger partial charge in [0.15, 0.2) is 0 Å². The van der Waals surface area contributed by atoms with E-state index in [4.69, 9.17) is 4.74 Å². The van der Waals surface area contributed by atoms with Gasteiger partial charge in [-0.1, -0.05) is 19.4 Å². The number of nitrogens with one attached hydrogen (secondary N) is 1. The smallest absolute Gasteiger partial charge is 0.0998 e. The van der Waals surface area contributed by atoms with E-state index in [0.717, 1.165) is 62.0 Å². The molecule has 0 aliphatic heterocycles. The van der Waals surface area contributed by atoms with Gasteiger partial charge in [0.2, 0.25) is 0 Å². The van der Waals surface area contributed by atoms with Crippen LogP contribution in [0, 0.1) is 0 Å². The zero-order valence-corrected chi connectivity index (χ0v) is 14.1. The number of hydrogen-bond donors (Lipinski definition) is 1. The largest absolute Gasteiger partial charge is 0.381 e. The van der Waals surface area contributed by atoms with Crippen molar-refractivity contribution in [2.75, 3.05) is 26.3 Å². The summed E-state index contributed by atoms with van der Waals surface area (Å²) < 4.78 is 5.53. The lowest BCUT2D eigenvalue weighted by Crippen LogP contribution is -2.19. The summed E-state index contributed by atoms with van der Waals surface area (Å²) in [6.45, 7) is 5.90. The molecule has 0 amide bonds. The predicted octanol–water partition coefficient (Wildman–Crippen LogP) is 3.54. The molecule has 0 fully saturated rings. The second kappa shape index (κ2) is 10.4. The van der Waals surface area contributed by atoms with Crippen molar-refractivity contribution in [3.8, 4) is 11.4 Å². The van der Waals surface area contributed by atoms with Crippen LogP contribution < -0.4 is 5.32 Å². The minimum Gasteiger partial charge on any atom is -0.381 e. The van der Waals surface area contributed by atoms with E-state index in [0.29, 0.717) is 0 Å². The fraction of sp³-hybridized carbons (Fsp3) is 0.529. The molecule has 0 aliphatic carbocycles. The first-order valence-corrected chi connectivity index (χ1v) is 8.92. The van der Waals surface area contributed by atoms with Crippen molar-refractivity contribution in [2.45, 2.75) is 32.6 Å². The molecule has 2 aromatic rings. The van der Waals surface area contributed by atoms with Crippen molar-refractivity contribution >= 4 is 11.3 Å². The number of unbranched alkanes of at least 4 members (excludes halogenated alkanes) is 1.